The number of para-hydroxylation sites is 1. The first-order valence-corrected chi connectivity index (χ1v) is 7.84. The molecule has 0 heterocycles. The minimum Gasteiger partial charge on any atom is -0.326 e. The Balaban J connectivity index is 2.39. The Morgan fingerprint density at radius 3 is 2.57 bits per heavy atom. The Kier molecular flexibility index (Phi) is 4.48. The molecule has 108 valence electrons. The van der Waals surface area contributed by atoms with Crippen molar-refractivity contribution in [2.24, 2.45) is 5.73 Å². The van der Waals surface area contributed by atoms with Gasteiger partial charge in [-0.3, -0.25) is 4.72 Å². The number of benzene rings is 2. The zero-order chi connectivity index (χ0) is 15.5. The minimum atomic E-state index is -3.79. The van der Waals surface area contributed by atoms with Gasteiger partial charge < -0.3 is 5.73 Å². The van der Waals surface area contributed by atoms with Gasteiger partial charge in [0.15, 0.2) is 0 Å². The molecule has 0 aliphatic carbocycles. The van der Waals surface area contributed by atoms with Crippen LogP contribution >= 0.6 is 11.6 Å². The molecule has 0 spiro atoms. The van der Waals surface area contributed by atoms with E-state index in [9.17, 15) is 8.42 Å². The van der Waals surface area contributed by atoms with Crippen molar-refractivity contribution in [1.29, 1.82) is 5.26 Å². The number of halogens is 1. The molecule has 0 atom stereocenters. The van der Waals surface area contributed by atoms with Crippen molar-refractivity contribution >= 4 is 27.3 Å². The number of hydrogen-bond acceptors (Lipinski definition) is 4. The summed E-state index contributed by atoms with van der Waals surface area (Å²) in [4.78, 5) is -0.0154. The summed E-state index contributed by atoms with van der Waals surface area (Å²) in [6.45, 7) is 0.215. The van der Waals surface area contributed by atoms with Gasteiger partial charge in [0.25, 0.3) is 10.0 Å². The van der Waals surface area contributed by atoms with Crippen molar-refractivity contribution in [2.45, 2.75) is 11.4 Å². The highest BCUT2D eigenvalue weighted by atomic mass is 35.5. The lowest BCUT2D eigenvalue weighted by Gasteiger charge is -2.12. The molecule has 0 fully saturated rings. The van der Waals surface area contributed by atoms with E-state index in [1.807, 2.05) is 6.07 Å². The number of nitriles is 1. The van der Waals surface area contributed by atoms with E-state index in [4.69, 9.17) is 22.6 Å². The van der Waals surface area contributed by atoms with E-state index in [0.717, 1.165) is 0 Å². The van der Waals surface area contributed by atoms with Crippen LogP contribution in [0.2, 0.25) is 5.02 Å². The fraction of sp³-hybridized carbons (Fsp3) is 0.0714. The van der Waals surface area contributed by atoms with Gasteiger partial charge in [0, 0.05) is 6.54 Å². The average molecular weight is 322 g/mol. The van der Waals surface area contributed by atoms with E-state index in [1.54, 1.807) is 24.3 Å². The highest BCUT2D eigenvalue weighted by Gasteiger charge is 2.17. The van der Waals surface area contributed by atoms with Gasteiger partial charge in [-0.15, -0.1) is 0 Å². The molecule has 0 aliphatic heterocycles. The standard InChI is InChI=1S/C14H12ClN3O2S/c15-13-7-12(6-5-10(13)8-16)21(19,20)18-14-4-2-1-3-11(14)9-17/h1-7,18H,9,17H2. The highest BCUT2D eigenvalue weighted by Crippen LogP contribution is 2.23. The number of rotatable bonds is 4. The van der Waals surface area contributed by atoms with E-state index in [0.29, 0.717) is 11.3 Å². The van der Waals surface area contributed by atoms with Crippen LogP contribution in [0.5, 0.6) is 0 Å². The zero-order valence-electron chi connectivity index (χ0n) is 10.9. The first-order chi connectivity index (χ1) is 9.97. The van der Waals surface area contributed by atoms with Gasteiger partial charge in [-0.05, 0) is 29.8 Å². The number of anilines is 1. The second-order valence-corrected chi connectivity index (χ2v) is 6.31. The third-order valence-corrected chi connectivity index (χ3v) is 4.53. The highest BCUT2D eigenvalue weighted by molar-refractivity contribution is 7.92. The molecule has 0 radical (unpaired) electrons. The fourth-order valence-corrected chi connectivity index (χ4v) is 3.17. The second-order valence-electron chi connectivity index (χ2n) is 4.22. The molecule has 2 rings (SSSR count). The molecule has 21 heavy (non-hydrogen) atoms. The van der Waals surface area contributed by atoms with Crippen molar-refractivity contribution in [3.05, 3.63) is 58.6 Å². The Bertz CT molecular complexity index is 813. The number of sulfonamides is 1. The SMILES string of the molecule is N#Cc1ccc(S(=O)(=O)Nc2ccccc2CN)cc1Cl. The number of nitrogens with two attached hydrogens (primary N) is 1. The summed E-state index contributed by atoms with van der Waals surface area (Å²) in [5.41, 5.74) is 6.90. The zero-order valence-corrected chi connectivity index (χ0v) is 12.4. The van der Waals surface area contributed by atoms with Crippen LogP contribution in [0.15, 0.2) is 47.4 Å². The van der Waals surface area contributed by atoms with Crippen LogP contribution in [0.3, 0.4) is 0 Å². The largest absolute Gasteiger partial charge is 0.326 e. The lowest BCUT2D eigenvalue weighted by Crippen LogP contribution is -2.15. The van der Waals surface area contributed by atoms with E-state index in [1.165, 1.54) is 18.2 Å². The Hall–Kier alpha value is -2.07. The number of hydrogen-bond donors (Lipinski definition) is 2. The van der Waals surface area contributed by atoms with Crippen molar-refractivity contribution in [2.75, 3.05) is 4.72 Å². The quantitative estimate of drug-likeness (QED) is 0.904. The summed E-state index contributed by atoms with van der Waals surface area (Å²) >= 11 is 5.86. The topological polar surface area (TPSA) is 96.0 Å². The first-order valence-electron chi connectivity index (χ1n) is 5.98. The van der Waals surface area contributed by atoms with Gasteiger partial charge in [-0.25, -0.2) is 8.42 Å². The van der Waals surface area contributed by atoms with Gasteiger partial charge in [0.2, 0.25) is 0 Å². The molecular formula is C14H12ClN3O2S. The molecule has 0 saturated heterocycles. The van der Waals surface area contributed by atoms with Crippen molar-refractivity contribution in [1.82, 2.24) is 0 Å². The van der Waals surface area contributed by atoms with Crippen LogP contribution in [-0.4, -0.2) is 8.42 Å². The smallest absolute Gasteiger partial charge is 0.261 e. The minimum absolute atomic E-state index is 0.0154. The maximum atomic E-state index is 12.3. The van der Waals surface area contributed by atoms with Crippen LogP contribution < -0.4 is 10.5 Å². The molecule has 0 bridgehead atoms. The number of nitrogens with one attached hydrogen (secondary N) is 1. The third-order valence-electron chi connectivity index (χ3n) is 2.85. The van der Waals surface area contributed by atoms with E-state index >= 15 is 0 Å². The lowest BCUT2D eigenvalue weighted by atomic mass is 10.2. The fourth-order valence-electron chi connectivity index (χ4n) is 1.76. The van der Waals surface area contributed by atoms with Crippen molar-refractivity contribution in [3.8, 4) is 6.07 Å². The maximum Gasteiger partial charge on any atom is 0.261 e. The third kappa shape index (κ3) is 3.34. The molecule has 0 amide bonds. The summed E-state index contributed by atoms with van der Waals surface area (Å²) in [6.07, 6.45) is 0. The molecule has 0 saturated carbocycles. The molecule has 2 aromatic carbocycles. The Morgan fingerprint density at radius 1 is 1.24 bits per heavy atom. The van der Waals surface area contributed by atoms with Crippen LogP contribution in [0.1, 0.15) is 11.1 Å². The Labute approximate surface area is 128 Å². The summed E-state index contributed by atoms with van der Waals surface area (Å²) < 4.78 is 27.1. The summed E-state index contributed by atoms with van der Waals surface area (Å²) in [5, 5.41) is 8.89. The van der Waals surface area contributed by atoms with Gasteiger partial charge in [0.1, 0.15) is 6.07 Å². The van der Waals surface area contributed by atoms with E-state index < -0.39 is 10.0 Å². The predicted molar refractivity (Wildman–Crippen MR) is 81.3 cm³/mol. The van der Waals surface area contributed by atoms with Gasteiger partial charge in [-0.2, -0.15) is 5.26 Å². The van der Waals surface area contributed by atoms with Crippen LogP contribution in [0.25, 0.3) is 0 Å². The van der Waals surface area contributed by atoms with Crippen molar-refractivity contribution in [3.63, 3.8) is 0 Å². The molecule has 3 N–H and O–H groups in total. The first kappa shape index (κ1) is 15.3. The molecular weight excluding hydrogens is 310 g/mol. The van der Waals surface area contributed by atoms with Gasteiger partial charge in [-0.1, -0.05) is 29.8 Å². The average Bonchev–Trinajstić information content (AvgIpc) is 2.47. The molecule has 7 heteroatoms. The summed E-state index contributed by atoms with van der Waals surface area (Å²) in [7, 11) is -3.79. The molecule has 5 nitrogen and oxygen atoms in total. The van der Waals surface area contributed by atoms with Crippen LogP contribution in [0, 0.1) is 11.3 Å². The summed E-state index contributed by atoms with van der Waals surface area (Å²) in [5.74, 6) is 0. The predicted octanol–water partition coefficient (Wildman–Crippen LogP) is 2.47. The summed E-state index contributed by atoms with van der Waals surface area (Å²) in [6, 6.07) is 12.7. The normalized spacial score (nSPS) is 10.9. The van der Waals surface area contributed by atoms with E-state index in [-0.39, 0.29) is 22.0 Å². The van der Waals surface area contributed by atoms with Crippen LogP contribution in [-0.2, 0) is 16.6 Å². The van der Waals surface area contributed by atoms with Crippen molar-refractivity contribution < 1.29 is 8.42 Å². The number of nitrogens with zero attached hydrogens (tertiary/aromatic N) is 1. The monoisotopic (exact) mass is 321 g/mol. The molecule has 0 aromatic heterocycles. The van der Waals surface area contributed by atoms with E-state index in [2.05, 4.69) is 4.72 Å². The lowest BCUT2D eigenvalue weighted by molar-refractivity contribution is 0.601. The molecule has 2 aromatic rings. The Morgan fingerprint density at radius 2 is 1.95 bits per heavy atom. The van der Waals surface area contributed by atoms with Crippen LogP contribution in [0.4, 0.5) is 5.69 Å². The van der Waals surface area contributed by atoms with Gasteiger partial charge >= 0.3 is 0 Å². The molecule has 0 unspecified atom stereocenters. The second kappa shape index (κ2) is 6.14. The maximum absolute atomic E-state index is 12.3. The molecule has 0 aliphatic rings. The van der Waals surface area contributed by atoms with Gasteiger partial charge in [0.05, 0.1) is 21.2 Å².